The van der Waals surface area contributed by atoms with E-state index < -0.39 is 29.2 Å². The van der Waals surface area contributed by atoms with Crippen molar-refractivity contribution >= 4 is 34.6 Å². The quantitative estimate of drug-likeness (QED) is 0.466. The minimum atomic E-state index is -4.72. The predicted molar refractivity (Wildman–Crippen MR) is 107 cm³/mol. The molecule has 30 heavy (non-hydrogen) atoms. The number of para-hydroxylation sites is 1. The molecule has 2 N–H and O–H groups in total. The van der Waals surface area contributed by atoms with Crippen LogP contribution in [-0.2, 0) is 17.5 Å². The standard InChI is InChI=1S/C20H17F3N4O2S/c1-12(16(28)26-19(29)24-11-13-7-3-2-4-8-13)30-17-14-9-5-6-10-15(14)25-18(27-17)20(21,22)23/h2-10,12H,11H2,1H3,(H2,24,26,28,29). The molecule has 1 aromatic heterocycles. The van der Waals surface area contributed by atoms with Crippen molar-refractivity contribution in [1.82, 2.24) is 20.6 Å². The van der Waals surface area contributed by atoms with Crippen molar-refractivity contribution in [3.63, 3.8) is 0 Å². The molecule has 2 aromatic carbocycles. The van der Waals surface area contributed by atoms with Crippen LogP contribution in [0.1, 0.15) is 18.3 Å². The van der Waals surface area contributed by atoms with Crippen LogP contribution in [0.25, 0.3) is 10.9 Å². The van der Waals surface area contributed by atoms with E-state index in [1.54, 1.807) is 18.2 Å². The van der Waals surface area contributed by atoms with Crippen molar-refractivity contribution < 1.29 is 22.8 Å². The smallest absolute Gasteiger partial charge is 0.334 e. The molecule has 0 saturated heterocycles. The van der Waals surface area contributed by atoms with Gasteiger partial charge in [-0.1, -0.05) is 60.3 Å². The summed E-state index contributed by atoms with van der Waals surface area (Å²) in [4.78, 5) is 31.4. The Morgan fingerprint density at radius 2 is 1.70 bits per heavy atom. The van der Waals surface area contributed by atoms with E-state index in [1.165, 1.54) is 13.0 Å². The van der Waals surface area contributed by atoms with Gasteiger partial charge in [0.2, 0.25) is 11.7 Å². The molecule has 10 heteroatoms. The number of amides is 3. The molecule has 3 aromatic rings. The van der Waals surface area contributed by atoms with E-state index in [9.17, 15) is 22.8 Å². The summed E-state index contributed by atoms with van der Waals surface area (Å²) < 4.78 is 39.4. The number of rotatable bonds is 5. The second-order valence-corrected chi connectivity index (χ2v) is 7.61. The van der Waals surface area contributed by atoms with Crippen LogP contribution in [0.2, 0.25) is 0 Å². The molecule has 0 bridgehead atoms. The topological polar surface area (TPSA) is 84.0 Å². The van der Waals surface area contributed by atoms with E-state index in [2.05, 4.69) is 20.6 Å². The molecule has 3 amide bonds. The van der Waals surface area contributed by atoms with Crippen LogP contribution in [0.4, 0.5) is 18.0 Å². The minimum Gasteiger partial charge on any atom is -0.334 e. The first-order valence-corrected chi connectivity index (χ1v) is 9.75. The normalized spacial score (nSPS) is 12.4. The average Bonchev–Trinajstić information content (AvgIpc) is 2.72. The number of hydrogen-bond donors (Lipinski definition) is 2. The average molecular weight is 434 g/mol. The highest BCUT2D eigenvalue weighted by Gasteiger charge is 2.36. The Balaban J connectivity index is 1.69. The predicted octanol–water partition coefficient (Wildman–Crippen LogP) is 4.16. The number of carbonyl (C=O) groups excluding carboxylic acids is 2. The lowest BCUT2D eigenvalue weighted by Crippen LogP contribution is -2.42. The summed E-state index contributed by atoms with van der Waals surface area (Å²) >= 11 is 0.825. The number of hydrogen-bond acceptors (Lipinski definition) is 5. The molecule has 3 rings (SSSR count). The summed E-state index contributed by atoms with van der Waals surface area (Å²) in [5.74, 6) is -1.93. The van der Waals surface area contributed by atoms with E-state index in [4.69, 9.17) is 0 Å². The van der Waals surface area contributed by atoms with Gasteiger partial charge in [-0.25, -0.2) is 14.8 Å². The van der Waals surface area contributed by atoms with Gasteiger partial charge >= 0.3 is 12.2 Å². The second kappa shape index (κ2) is 9.12. The lowest BCUT2D eigenvalue weighted by atomic mass is 10.2. The largest absolute Gasteiger partial charge is 0.451 e. The third-order valence-electron chi connectivity index (χ3n) is 4.01. The molecule has 0 spiro atoms. The monoisotopic (exact) mass is 434 g/mol. The molecule has 0 fully saturated rings. The van der Waals surface area contributed by atoms with Crippen LogP contribution in [0.15, 0.2) is 59.6 Å². The number of alkyl halides is 3. The molecule has 0 radical (unpaired) electrons. The van der Waals surface area contributed by atoms with E-state index in [-0.39, 0.29) is 17.1 Å². The molecular weight excluding hydrogens is 417 g/mol. The van der Waals surface area contributed by atoms with Crippen molar-refractivity contribution in [2.24, 2.45) is 0 Å². The first kappa shape index (κ1) is 21.6. The van der Waals surface area contributed by atoms with Crippen molar-refractivity contribution in [1.29, 1.82) is 0 Å². The second-order valence-electron chi connectivity index (χ2n) is 6.28. The van der Waals surface area contributed by atoms with Gasteiger partial charge < -0.3 is 5.32 Å². The number of fused-ring (bicyclic) bond motifs is 1. The lowest BCUT2D eigenvalue weighted by molar-refractivity contribution is -0.145. The molecule has 1 unspecified atom stereocenters. The van der Waals surface area contributed by atoms with Gasteiger partial charge in [-0.15, -0.1) is 0 Å². The van der Waals surface area contributed by atoms with Crippen molar-refractivity contribution in [2.45, 2.75) is 29.9 Å². The van der Waals surface area contributed by atoms with Gasteiger partial charge in [0.15, 0.2) is 0 Å². The van der Waals surface area contributed by atoms with Crippen molar-refractivity contribution in [2.75, 3.05) is 0 Å². The van der Waals surface area contributed by atoms with Crippen LogP contribution < -0.4 is 10.6 Å². The van der Waals surface area contributed by atoms with Gasteiger partial charge in [-0.05, 0) is 18.6 Å². The fraction of sp³-hybridized carbons (Fsp3) is 0.200. The number of urea groups is 1. The summed E-state index contributed by atoms with van der Waals surface area (Å²) in [6.07, 6.45) is -4.72. The molecule has 0 aliphatic rings. The highest BCUT2D eigenvalue weighted by atomic mass is 32.2. The molecule has 1 heterocycles. The number of carbonyl (C=O) groups is 2. The maximum absolute atomic E-state index is 13.1. The molecular formula is C20H17F3N4O2S. The SMILES string of the molecule is CC(Sc1nc(C(F)(F)F)nc2ccccc12)C(=O)NC(=O)NCc1ccccc1. The Morgan fingerprint density at radius 1 is 1.03 bits per heavy atom. The zero-order valence-electron chi connectivity index (χ0n) is 15.7. The van der Waals surface area contributed by atoms with Crippen LogP contribution in [0.3, 0.4) is 0 Å². The number of thioether (sulfide) groups is 1. The van der Waals surface area contributed by atoms with Crippen molar-refractivity contribution in [3.05, 3.63) is 66.0 Å². The summed E-state index contributed by atoms with van der Waals surface area (Å²) in [6, 6.07) is 14.7. The van der Waals surface area contributed by atoms with E-state index in [1.807, 2.05) is 30.3 Å². The third-order valence-corrected chi connectivity index (χ3v) is 5.11. The van der Waals surface area contributed by atoms with Gasteiger partial charge in [0.25, 0.3) is 0 Å². The van der Waals surface area contributed by atoms with E-state index in [0.717, 1.165) is 17.3 Å². The highest BCUT2D eigenvalue weighted by molar-refractivity contribution is 8.00. The van der Waals surface area contributed by atoms with E-state index >= 15 is 0 Å². The Labute approximate surface area is 174 Å². The fourth-order valence-electron chi connectivity index (χ4n) is 2.52. The van der Waals surface area contributed by atoms with Crippen LogP contribution in [0, 0.1) is 0 Å². The molecule has 6 nitrogen and oxygen atoms in total. The number of halogens is 3. The summed E-state index contributed by atoms with van der Waals surface area (Å²) in [6.45, 7) is 1.71. The minimum absolute atomic E-state index is 0.0141. The van der Waals surface area contributed by atoms with Crippen LogP contribution in [0.5, 0.6) is 0 Å². The van der Waals surface area contributed by atoms with Crippen LogP contribution in [-0.4, -0.2) is 27.2 Å². The van der Waals surface area contributed by atoms with Crippen molar-refractivity contribution in [3.8, 4) is 0 Å². The molecule has 0 aliphatic carbocycles. The number of imide groups is 1. The van der Waals surface area contributed by atoms with Gasteiger partial charge in [-0.2, -0.15) is 13.2 Å². The zero-order chi connectivity index (χ0) is 21.7. The number of aromatic nitrogens is 2. The summed E-state index contributed by atoms with van der Waals surface area (Å²) in [7, 11) is 0. The molecule has 0 saturated carbocycles. The first-order chi connectivity index (χ1) is 14.2. The van der Waals surface area contributed by atoms with Gasteiger partial charge in [-0.3, -0.25) is 10.1 Å². The number of nitrogens with zero attached hydrogens (tertiary/aromatic N) is 2. The summed E-state index contributed by atoms with van der Waals surface area (Å²) in [5.41, 5.74) is 0.977. The van der Waals surface area contributed by atoms with Gasteiger partial charge in [0, 0.05) is 11.9 Å². The number of nitrogens with one attached hydrogen (secondary N) is 2. The van der Waals surface area contributed by atoms with Gasteiger partial charge in [0.1, 0.15) is 5.03 Å². The highest BCUT2D eigenvalue weighted by Crippen LogP contribution is 2.33. The van der Waals surface area contributed by atoms with Gasteiger partial charge in [0.05, 0.1) is 10.8 Å². The first-order valence-electron chi connectivity index (χ1n) is 8.87. The van der Waals surface area contributed by atoms with Crippen LogP contribution >= 0.6 is 11.8 Å². The maximum Gasteiger partial charge on any atom is 0.451 e. The summed E-state index contributed by atoms with van der Waals surface area (Å²) in [5, 5.41) is 4.28. The Bertz CT molecular complexity index is 1060. The Morgan fingerprint density at radius 3 is 2.40 bits per heavy atom. The van der Waals surface area contributed by atoms with E-state index in [0.29, 0.717) is 5.39 Å². The molecule has 1 atom stereocenters. The maximum atomic E-state index is 13.1. The number of benzene rings is 2. The third kappa shape index (κ3) is 5.47. The Hall–Kier alpha value is -3.14. The Kier molecular flexibility index (Phi) is 6.56. The molecule has 156 valence electrons. The fourth-order valence-corrected chi connectivity index (χ4v) is 3.46. The zero-order valence-corrected chi connectivity index (χ0v) is 16.6. The lowest BCUT2D eigenvalue weighted by Gasteiger charge is -2.14. The molecule has 0 aliphatic heterocycles.